The van der Waals surface area contributed by atoms with Crippen molar-refractivity contribution in [1.82, 2.24) is 20.1 Å². The standard InChI is InChI=1S/C14H18N4O2/c1-11(18-10-15-9-17-18)14(19)16-7-12-4-3-5-13(6-12)8-20-2/h3-6,9-11H,7-8H2,1-2H3,(H,16,19)/t11-/m0/s1. The van der Waals surface area contributed by atoms with Crippen molar-refractivity contribution in [2.24, 2.45) is 0 Å². The van der Waals surface area contributed by atoms with E-state index in [9.17, 15) is 4.79 Å². The zero-order chi connectivity index (χ0) is 14.4. The average Bonchev–Trinajstić information content (AvgIpc) is 2.99. The highest BCUT2D eigenvalue weighted by Gasteiger charge is 2.14. The average molecular weight is 274 g/mol. The van der Waals surface area contributed by atoms with Crippen LogP contribution in [0, 0.1) is 0 Å². The van der Waals surface area contributed by atoms with Crippen LogP contribution >= 0.6 is 0 Å². The normalized spacial score (nSPS) is 12.1. The predicted octanol–water partition coefficient (Wildman–Crippen LogP) is 1.30. The number of ether oxygens (including phenoxy) is 1. The molecule has 6 heteroatoms. The van der Waals surface area contributed by atoms with Crippen LogP contribution < -0.4 is 5.32 Å². The number of carbonyl (C=O) groups is 1. The number of nitrogens with one attached hydrogen (secondary N) is 1. The minimum atomic E-state index is -0.375. The zero-order valence-electron chi connectivity index (χ0n) is 11.6. The lowest BCUT2D eigenvalue weighted by atomic mass is 10.1. The Morgan fingerprint density at radius 2 is 2.25 bits per heavy atom. The topological polar surface area (TPSA) is 69.0 Å². The maximum atomic E-state index is 12.0. The molecule has 1 heterocycles. The maximum Gasteiger partial charge on any atom is 0.244 e. The molecule has 2 rings (SSSR count). The van der Waals surface area contributed by atoms with E-state index in [4.69, 9.17) is 4.74 Å². The van der Waals surface area contributed by atoms with E-state index in [1.807, 2.05) is 24.3 Å². The summed E-state index contributed by atoms with van der Waals surface area (Å²) in [6, 6.07) is 7.56. The summed E-state index contributed by atoms with van der Waals surface area (Å²) in [4.78, 5) is 15.8. The van der Waals surface area contributed by atoms with Gasteiger partial charge in [0, 0.05) is 13.7 Å². The third kappa shape index (κ3) is 3.64. The molecule has 1 aromatic heterocycles. The van der Waals surface area contributed by atoms with E-state index in [0.29, 0.717) is 13.2 Å². The van der Waals surface area contributed by atoms with Crippen LogP contribution in [-0.2, 0) is 22.7 Å². The van der Waals surface area contributed by atoms with E-state index in [1.54, 1.807) is 14.0 Å². The third-order valence-electron chi connectivity index (χ3n) is 2.98. The number of carbonyl (C=O) groups excluding carboxylic acids is 1. The van der Waals surface area contributed by atoms with E-state index >= 15 is 0 Å². The Morgan fingerprint density at radius 1 is 1.45 bits per heavy atom. The van der Waals surface area contributed by atoms with Crippen LogP contribution in [0.3, 0.4) is 0 Å². The summed E-state index contributed by atoms with van der Waals surface area (Å²) in [5, 5.41) is 6.85. The molecule has 2 aromatic rings. The first-order valence-electron chi connectivity index (χ1n) is 6.39. The lowest BCUT2D eigenvalue weighted by Crippen LogP contribution is -2.30. The van der Waals surface area contributed by atoms with Crippen LogP contribution in [0.2, 0.25) is 0 Å². The fourth-order valence-corrected chi connectivity index (χ4v) is 1.87. The minimum absolute atomic E-state index is 0.0901. The maximum absolute atomic E-state index is 12.0. The van der Waals surface area contributed by atoms with Gasteiger partial charge in [-0.25, -0.2) is 9.67 Å². The molecule has 6 nitrogen and oxygen atoms in total. The Hall–Kier alpha value is -2.21. The van der Waals surface area contributed by atoms with Gasteiger partial charge in [-0.2, -0.15) is 5.10 Å². The van der Waals surface area contributed by atoms with Crippen molar-refractivity contribution in [3.8, 4) is 0 Å². The first-order chi connectivity index (χ1) is 9.70. The van der Waals surface area contributed by atoms with Crippen molar-refractivity contribution >= 4 is 5.91 Å². The molecule has 20 heavy (non-hydrogen) atoms. The molecule has 1 atom stereocenters. The lowest BCUT2D eigenvalue weighted by Gasteiger charge is -2.12. The van der Waals surface area contributed by atoms with Crippen molar-refractivity contribution in [1.29, 1.82) is 0 Å². The fraction of sp³-hybridized carbons (Fsp3) is 0.357. The fourth-order valence-electron chi connectivity index (χ4n) is 1.87. The summed E-state index contributed by atoms with van der Waals surface area (Å²) >= 11 is 0. The molecule has 1 aromatic carbocycles. The van der Waals surface area contributed by atoms with E-state index < -0.39 is 0 Å². The smallest absolute Gasteiger partial charge is 0.244 e. The molecule has 0 fully saturated rings. The van der Waals surface area contributed by atoms with Gasteiger partial charge in [-0.3, -0.25) is 4.79 Å². The summed E-state index contributed by atoms with van der Waals surface area (Å²) in [7, 11) is 1.66. The van der Waals surface area contributed by atoms with Crippen molar-refractivity contribution < 1.29 is 9.53 Å². The number of aromatic nitrogens is 3. The quantitative estimate of drug-likeness (QED) is 0.862. The van der Waals surface area contributed by atoms with Gasteiger partial charge >= 0.3 is 0 Å². The molecule has 106 valence electrons. The monoisotopic (exact) mass is 274 g/mol. The number of benzene rings is 1. The van der Waals surface area contributed by atoms with Crippen LogP contribution in [0.5, 0.6) is 0 Å². The van der Waals surface area contributed by atoms with E-state index in [0.717, 1.165) is 11.1 Å². The Bertz CT molecular complexity index is 554. The predicted molar refractivity (Wildman–Crippen MR) is 73.7 cm³/mol. The third-order valence-corrected chi connectivity index (χ3v) is 2.98. The number of rotatable bonds is 6. The molecule has 0 saturated heterocycles. The van der Waals surface area contributed by atoms with E-state index in [-0.39, 0.29) is 11.9 Å². The summed E-state index contributed by atoms with van der Waals surface area (Å²) in [5.74, 6) is -0.0901. The second-order valence-electron chi connectivity index (χ2n) is 4.52. The lowest BCUT2D eigenvalue weighted by molar-refractivity contribution is -0.124. The zero-order valence-corrected chi connectivity index (χ0v) is 11.6. The van der Waals surface area contributed by atoms with Gasteiger partial charge < -0.3 is 10.1 Å². The van der Waals surface area contributed by atoms with Crippen LogP contribution in [-0.4, -0.2) is 27.8 Å². The van der Waals surface area contributed by atoms with Crippen LogP contribution in [0.1, 0.15) is 24.1 Å². The summed E-state index contributed by atoms with van der Waals surface area (Å²) in [6.45, 7) is 2.83. The van der Waals surface area contributed by atoms with Crippen molar-refractivity contribution in [2.45, 2.75) is 26.1 Å². The molecule has 1 amide bonds. The van der Waals surface area contributed by atoms with Gasteiger partial charge in [0.25, 0.3) is 0 Å². The van der Waals surface area contributed by atoms with Crippen molar-refractivity contribution in [2.75, 3.05) is 7.11 Å². The van der Waals surface area contributed by atoms with Crippen LogP contribution in [0.25, 0.3) is 0 Å². The summed E-state index contributed by atoms with van der Waals surface area (Å²) in [6.07, 6.45) is 2.95. The van der Waals surface area contributed by atoms with Crippen LogP contribution in [0.4, 0.5) is 0 Å². The number of hydrogen-bond acceptors (Lipinski definition) is 4. The number of hydrogen-bond donors (Lipinski definition) is 1. The van der Waals surface area contributed by atoms with Gasteiger partial charge in [0.2, 0.25) is 5.91 Å². The Kier molecular flexibility index (Phi) is 4.84. The van der Waals surface area contributed by atoms with Crippen LogP contribution in [0.15, 0.2) is 36.9 Å². The molecular weight excluding hydrogens is 256 g/mol. The highest BCUT2D eigenvalue weighted by molar-refractivity contribution is 5.79. The highest BCUT2D eigenvalue weighted by Crippen LogP contribution is 2.07. The van der Waals surface area contributed by atoms with Gasteiger partial charge in [-0.1, -0.05) is 24.3 Å². The highest BCUT2D eigenvalue weighted by atomic mass is 16.5. The number of amides is 1. The Labute approximate surface area is 117 Å². The molecule has 0 bridgehead atoms. The molecule has 0 unspecified atom stereocenters. The molecular formula is C14H18N4O2. The SMILES string of the molecule is COCc1cccc(CNC(=O)[C@H](C)n2cncn2)c1. The molecule has 0 aliphatic heterocycles. The Morgan fingerprint density at radius 3 is 2.95 bits per heavy atom. The van der Waals surface area contributed by atoms with Gasteiger partial charge in [-0.15, -0.1) is 0 Å². The molecule has 0 radical (unpaired) electrons. The van der Waals surface area contributed by atoms with Crippen molar-refractivity contribution in [3.63, 3.8) is 0 Å². The molecule has 0 aliphatic rings. The second kappa shape index (κ2) is 6.81. The van der Waals surface area contributed by atoms with Crippen molar-refractivity contribution in [3.05, 3.63) is 48.0 Å². The first kappa shape index (κ1) is 14.2. The van der Waals surface area contributed by atoms with Gasteiger partial charge in [0.1, 0.15) is 18.7 Å². The van der Waals surface area contributed by atoms with E-state index in [1.165, 1.54) is 17.3 Å². The minimum Gasteiger partial charge on any atom is -0.380 e. The van der Waals surface area contributed by atoms with E-state index in [2.05, 4.69) is 15.4 Å². The summed E-state index contributed by atoms with van der Waals surface area (Å²) < 4.78 is 6.61. The van der Waals surface area contributed by atoms with Gasteiger partial charge in [0.05, 0.1) is 6.61 Å². The number of nitrogens with zero attached hydrogens (tertiary/aromatic N) is 3. The van der Waals surface area contributed by atoms with Gasteiger partial charge in [0.15, 0.2) is 0 Å². The first-order valence-corrected chi connectivity index (χ1v) is 6.39. The largest absolute Gasteiger partial charge is 0.380 e. The Balaban J connectivity index is 1.91. The molecule has 0 aliphatic carbocycles. The number of methoxy groups -OCH3 is 1. The van der Waals surface area contributed by atoms with Gasteiger partial charge in [-0.05, 0) is 18.1 Å². The molecule has 0 saturated carbocycles. The second-order valence-corrected chi connectivity index (χ2v) is 4.52. The summed E-state index contributed by atoms with van der Waals surface area (Å²) in [5.41, 5.74) is 2.13. The molecule has 0 spiro atoms. The molecule has 1 N–H and O–H groups in total.